The molecule has 0 aliphatic carbocycles. The van der Waals surface area contributed by atoms with Crippen LogP contribution in [0.1, 0.15) is 107 Å². The van der Waals surface area contributed by atoms with Gasteiger partial charge < -0.3 is 18.9 Å². The van der Waals surface area contributed by atoms with Crippen molar-refractivity contribution in [2.45, 2.75) is 103 Å². The largest absolute Gasteiger partial charge is 0.472 e. The summed E-state index contributed by atoms with van der Waals surface area (Å²) in [5, 5.41) is 14.4. The molecule has 0 aliphatic heterocycles. The van der Waals surface area contributed by atoms with Crippen LogP contribution in [0.3, 0.4) is 0 Å². The molecule has 15 nitrogen and oxygen atoms in total. The van der Waals surface area contributed by atoms with E-state index >= 15 is 0 Å². The lowest BCUT2D eigenvalue weighted by atomic mass is 10.0. The molecule has 0 amide bonds. The number of nitrogens with zero attached hydrogens (tertiary/aromatic N) is 5. The number of phosphoric ester groups is 1. The summed E-state index contributed by atoms with van der Waals surface area (Å²) >= 11 is 0. The first-order valence-electron chi connectivity index (χ1n) is 16.4. The highest BCUT2D eigenvalue weighted by Crippen LogP contribution is 2.43. The van der Waals surface area contributed by atoms with E-state index < -0.39 is 49.7 Å². The Morgan fingerprint density at radius 3 is 2.09 bits per heavy atom. The van der Waals surface area contributed by atoms with Crippen molar-refractivity contribution in [2.24, 2.45) is 5.11 Å². The highest BCUT2D eigenvalue weighted by atomic mass is 31.2. The number of quaternary nitrogens is 1. The third-order valence-corrected chi connectivity index (χ3v) is 8.18. The van der Waals surface area contributed by atoms with E-state index in [4.69, 9.17) is 24.1 Å². The molecule has 0 bridgehead atoms. The van der Waals surface area contributed by atoms with E-state index in [1.807, 2.05) is 21.1 Å². The van der Waals surface area contributed by atoms with Gasteiger partial charge >= 0.3 is 19.8 Å². The van der Waals surface area contributed by atoms with E-state index in [9.17, 15) is 29.2 Å². The van der Waals surface area contributed by atoms with E-state index in [0.717, 1.165) is 37.5 Å². The van der Waals surface area contributed by atoms with Gasteiger partial charge in [-0.3, -0.25) is 24.0 Å². The van der Waals surface area contributed by atoms with Crippen LogP contribution in [-0.4, -0.2) is 79.9 Å². The van der Waals surface area contributed by atoms with Crippen molar-refractivity contribution in [3.8, 4) is 0 Å². The van der Waals surface area contributed by atoms with Crippen LogP contribution in [0.4, 0.5) is 11.4 Å². The molecule has 1 aromatic rings. The van der Waals surface area contributed by atoms with Crippen LogP contribution < -0.4 is 0 Å². The van der Waals surface area contributed by atoms with E-state index in [-0.39, 0.29) is 24.3 Å². The summed E-state index contributed by atoms with van der Waals surface area (Å²) in [5.41, 5.74) is 7.78. The normalized spacial score (nSPS) is 13.3. The molecule has 0 fully saturated rings. The summed E-state index contributed by atoms with van der Waals surface area (Å²) in [5.74, 6) is -1.62. The first-order valence-corrected chi connectivity index (χ1v) is 17.9. The Labute approximate surface area is 277 Å². The van der Waals surface area contributed by atoms with E-state index in [0.29, 0.717) is 17.4 Å². The zero-order valence-corrected chi connectivity index (χ0v) is 29.2. The predicted octanol–water partition coefficient (Wildman–Crippen LogP) is 7.93. The minimum atomic E-state index is -4.56. The minimum Gasteiger partial charge on any atom is -0.462 e. The maximum atomic E-state index is 13.0. The lowest BCUT2D eigenvalue weighted by molar-refractivity contribution is -0.870. The van der Waals surface area contributed by atoms with Crippen molar-refractivity contribution < 1.29 is 47.0 Å². The molecule has 2 unspecified atom stereocenters. The van der Waals surface area contributed by atoms with Crippen molar-refractivity contribution in [1.29, 1.82) is 0 Å². The smallest absolute Gasteiger partial charge is 0.462 e. The van der Waals surface area contributed by atoms with Crippen LogP contribution in [0.5, 0.6) is 0 Å². The maximum absolute atomic E-state index is 13.0. The fraction of sp³-hybridized carbons (Fsp3) is 0.742. The van der Waals surface area contributed by atoms with Crippen molar-refractivity contribution in [2.75, 3.05) is 47.5 Å². The minimum absolute atomic E-state index is 0.0891. The first kappa shape index (κ1) is 42.0. The molecule has 1 rings (SSSR count). The fourth-order valence-corrected chi connectivity index (χ4v) is 5.20. The van der Waals surface area contributed by atoms with E-state index in [1.54, 1.807) is 0 Å². The van der Waals surface area contributed by atoms with Gasteiger partial charge in [-0.15, -0.1) is 0 Å². The number of phosphoric acid groups is 1. The molecular weight excluding hydrogens is 633 g/mol. The molecule has 16 heteroatoms. The quantitative estimate of drug-likeness (QED) is 0.0109. The highest BCUT2D eigenvalue weighted by Gasteiger charge is 2.28. The Balaban J connectivity index is 2.65. The summed E-state index contributed by atoms with van der Waals surface area (Å²) in [6.45, 7) is 1.38. The highest BCUT2D eigenvalue weighted by molar-refractivity contribution is 7.47. The summed E-state index contributed by atoms with van der Waals surface area (Å²) < 4.78 is 33.6. The van der Waals surface area contributed by atoms with E-state index in [2.05, 4.69) is 16.9 Å². The van der Waals surface area contributed by atoms with Crippen molar-refractivity contribution in [1.82, 2.24) is 0 Å². The second-order valence-corrected chi connectivity index (χ2v) is 13.9. The average Bonchev–Trinajstić information content (AvgIpc) is 3.00. The number of hydrogen-bond donors (Lipinski definition) is 1. The van der Waals surface area contributed by atoms with Gasteiger partial charge in [-0.2, -0.15) is 0 Å². The number of likely N-dealkylation sites (N-methyl/N-ethyl adjacent to an activating group) is 1. The molecule has 47 heavy (non-hydrogen) atoms. The topological polar surface area (TPSA) is 200 Å². The summed E-state index contributed by atoms with van der Waals surface area (Å²) in [6.07, 6.45) is 13.9. The van der Waals surface area contributed by atoms with Crippen LogP contribution in [0, 0.1) is 10.1 Å². The zero-order valence-electron chi connectivity index (χ0n) is 28.3. The Morgan fingerprint density at radius 2 is 1.55 bits per heavy atom. The molecule has 1 N–H and O–H groups in total. The molecule has 0 saturated heterocycles. The van der Waals surface area contributed by atoms with Crippen LogP contribution in [0.15, 0.2) is 23.3 Å². The zero-order chi connectivity index (χ0) is 35.1. The number of benzene rings is 1. The maximum Gasteiger partial charge on any atom is 0.472 e. The van der Waals surface area contributed by atoms with E-state index in [1.165, 1.54) is 57.8 Å². The number of carbonyl (C=O) groups excluding carboxylic acids is 2. The third kappa shape index (κ3) is 20.7. The molecule has 1 aromatic carbocycles. The van der Waals surface area contributed by atoms with Gasteiger partial charge in [0.2, 0.25) is 0 Å². The Bertz CT molecular complexity index is 1200. The standard InChI is InChI=1S/C31H52N5O10P/c1-5-6-7-8-9-10-11-12-13-14-15-16-17-18-30(37)43-24-27(25-45-47(41,42)44-22-21-36(2,3)4)46-31(38)28-20-19-26(35(39)40)23-29(28)33-34-32/h19-20,23,27H,5-18,21-22,24-25H2,1-4H3/p+1. The van der Waals surface area contributed by atoms with Crippen LogP contribution >= 0.6 is 7.82 Å². The summed E-state index contributed by atoms with van der Waals surface area (Å²) in [7, 11) is 1.06. The van der Waals surface area contributed by atoms with Gasteiger partial charge in [-0.25, -0.2) is 9.36 Å². The molecular formula is C31H53N5O10P+. The number of nitro groups is 1. The number of ether oxygens (including phenoxy) is 2. The molecule has 2 atom stereocenters. The Hall–Kier alpha value is -3.06. The molecule has 0 heterocycles. The number of hydrogen-bond acceptors (Lipinski definition) is 10. The monoisotopic (exact) mass is 686 g/mol. The number of esters is 2. The SMILES string of the molecule is CCCCCCCCCCCCCCCC(=O)OCC(COP(=O)(O)OCC[N+](C)(C)C)OC(=O)c1ccc([N+](=O)[O-])cc1N=[N+]=[N-]. The fourth-order valence-electron chi connectivity index (χ4n) is 4.46. The van der Waals surface area contributed by atoms with Gasteiger partial charge in [-0.1, -0.05) is 89.1 Å². The second-order valence-electron chi connectivity index (χ2n) is 12.5. The van der Waals surface area contributed by atoms with Crippen LogP contribution in [0.25, 0.3) is 10.4 Å². The number of non-ortho nitro benzene ring substituents is 1. The summed E-state index contributed by atoms with van der Waals surface area (Å²) in [6, 6.07) is 2.98. The summed E-state index contributed by atoms with van der Waals surface area (Å²) in [4.78, 5) is 48.5. The molecule has 266 valence electrons. The van der Waals surface area contributed by atoms with Crippen molar-refractivity contribution >= 4 is 31.1 Å². The van der Waals surface area contributed by atoms with Gasteiger partial charge in [0.05, 0.1) is 43.9 Å². The van der Waals surface area contributed by atoms with Gasteiger partial charge in [0.1, 0.15) is 19.8 Å². The molecule has 0 aliphatic rings. The molecule has 0 spiro atoms. The average molecular weight is 687 g/mol. The number of carbonyl (C=O) groups is 2. The number of nitro benzene ring substituents is 1. The number of rotatable bonds is 27. The molecule has 0 radical (unpaired) electrons. The van der Waals surface area contributed by atoms with Crippen LogP contribution in [-0.2, 0) is 27.9 Å². The Kier molecular flexibility index (Phi) is 20.8. The lowest BCUT2D eigenvalue weighted by Gasteiger charge is -2.24. The number of unbranched alkanes of at least 4 members (excludes halogenated alkanes) is 12. The van der Waals surface area contributed by atoms with Gasteiger partial charge in [0.25, 0.3) is 5.69 Å². The molecule has 0 saturated carbocycles. The first-order chi connectivity index (χ1) is 22.3. The van der Waals surface area contributed by atoms with Crippen LogP contribution in [0.2, 0.25) is 0 Å². The van der Waals surface area contributed by atoms with Crippen molar-refractivity contribution in [3.05, 3.63) is 44.3 Å². The second kappa shape index (κ2) is 23.3. The van der Waals surface area contributed by atoms with Gasteiger partial charge in [0.15, 0.2) is 6.10 Å². The third-order valence-electron chi connectivity index (χ3n) is 7.19. The van der Waals surface area contributed by atoms with Crippen molar-refractivity contribution in [3.63, 3.8) is 0 Å². The molecule has 0 aromatic heterocycles. The predicted molar refractivity (Wildman–Crippen MR) is 177 cm³/mol. The van der Waals surface area contributed by atoms with Gasteiger partial charge in [0, 0.05) is 23.5 Å². The lowest BCUT2D eigenvalue weighted by Crippen LogP contribution is -2.37. The number of azide groups is 1. The van der Waals surface area contributed by atoms with Gasteiger partial charge in [-0.05, 0) is 18.0 Å². The Morgan fingerprint density at radius 1 is 0.979 bits per heavy atom.